The number of halogens is 1. The minimum Gasteiger partial charge on any atom is -0.382 e. The summed E-state index contributed by atoms with van der Waals surface area (Å²) in [5.74, 6) is 5.99. The second-order valence-electron chi connectivity index (χ2n) is 5.01. The van der Waals surface area contributed by atoms with E-state index in [2.05, 4.69) is 21.8 Å². The van der Waals surface area contributed by atoms with Crippen LogP contribution in [0.2, 0.25) is 0 Å². The number of nitrogen functional groups attached to an aromatic ring is 1. The smallest absolute Gasteiger partial charge is 0.145 e. The number of benzene rings is 2. The van der Waals surface area contributed by atoms with Crippen LogP contribution in [0.4, 0.5) is 10.2 Å². The van der Waals surface area contributed by atoms with Crippen molar-refractivity contribution in [1.82, 2.24) is 9.97 Å². The van der Waals surface area contributed by atoms with Crippen molar-refractivity contribution < 1.29 is 4.39 Å². The van der Waals surface area contributed by atoms with E-state index in [9.17, 15) is 4.39 Å². The number of hydrogen-bond acceptors (Lipinski definition) is 3. The van der Waals surface area contributed by atoms with Crippen LogP contribution in [0.5, 0.6) is 0 Å². The number of anilines is 1. The Morgan fingerprint density at radius 1 is 0.957 bits per heavy atom. The molecule has 0 spiro atoms. The average Bonchev–Trinajstić information content (AvgIpc) is 2.58. The highest BCUT2D eigenvalue weighted by atomic mass is 19.1. The number of nitrogens with zero attached hydrogens (tertiary/aromatic N) is 2. The third kappa shape index (κ3) is 3.92. The molecule has 0 saturated heterocycles. The lowest BCUT2D eigenvalue weighted by Gasteiger charge is -2.04. The van der Waals surface area contributed by atoms with Crippen LogP contribution in [0.15, 0.2) is 60.8 Å². The molecule has 0 saturated carbocycles. The molecule has 3 aromatic rings. The van der Waals surface area contributed by atoms with Gasteiger partial charge in [-0.25, -0.2) is 14.4 Å². The molecule has 4 heteroatoms. The van der Waals surface area contributed by atoms with Gasteiger partial charge >= 0.3 is 0 Å². The Kier molecular flexibility index (Phi) is 4.30. The lowest BCUT2D eigenvalue weighted by molar-refractivity contribution is 0.627. The maximum Gasteiger partial charge on any atom is 0.145 e. The third-order valence-corrected chi connectivity index (χ3v) is 3.27. The fourth-order valence-electron chi connectivity index (χ4n) is 2.09. The van der Waals surface area contributed by atoms with Gasteiger partial charge in [-0.2, -0.15) is 0 Å². The maximum absolute atomic E-state index is 12.9. The van der Waals surface area contributed by atoms with Crippen molar-refractivity contribution in [2.45, 2.75) is 6.42 Å². The summed E-state index contributed by atoms with van der Waals surface area (Å²) in [4.78, 5) is 8.62. The SMILES string of the molecule is Nc1ncc(C#Cc2ccc(F)cc2)nc1Cc1ccccc1. The molecule has 0 fully saturated rings. The minimum atomic E-state index is -0.284. The first-order valence-electron chi connectivity index (χ1n) is 7.13. The number of rotatable bonds is 2. The number of aromatic nitrogens is 2. The van der Waals surface area contributed by atoms with Crippen LogP contribution in [0.25, 0.3) is 0 Å². The predicted octanol–water partition coefficient (Wildman–Crippen LogP) is 3.19. The normalized spacial score (nSPS) is 9.96. The van der Waals surface area contributed by atoms with Crippen molar-refractivity contribution in [2.75, 3.05) is 5.73 Å². The van der Waals surface area contributed by atoms with E-state index in [-0.39, 0.29) is 5.82 Å². The molecular weight excluding hydrogens is 289 g/mol. The van der Waals surface area contributed by atoms with Crippen LogP contribution >= 0.6 is 0 Å². The Hall–Kier alpha value is -3.19. The Morgan fingerprint density at radius 3 is 2.43 bits per heavy atom. The summed E-state index contributed by atoms with van der Waals surface area (Å²) in [6.07, 6.45) is 2.14. The molecule has 0 aliphatic heterocycles. The third-order valence-electron chi connectivity index (χ3n) is 3.27. The molecule has 0 aliphatic carbocycles. The molecule has 0 unspecified atom stereocenters. The Morgan fingerprint density at radius 2 is 1.70 bits per heavy atom. The van der Waals surface area contributed by atoms with Crippen molar-refractivity contribution in [3.05, 3.63) is 89.1 Å². The first-order valence-corrected chi connectivity index (χ1v) is 7.13. The molecule has 112 valence electrons. The summed E-state index contributed by atoms with van der Waals surface area (Å²) in [5.41, 5.74) is 8.96. The molecular formula is C19H14FN3. The van der Waals surface area contributed by atoms with E-state index in [1.165, 1.54) is 12.1 Å². The van der Waals surface area contributed by atoms with E-state index in [1.54, 1.807) is 18.3 Å². The molecule has 1 aromatic heterocycles. The summed E-state index contributed by atoms with van der Waals surface area (Å²) in [5, 5.41) is 0. The number of nitrogens with two attached hydrogens (primary N) is 1. The zero-order valence-electron chi connectivity index (χ0n) is 12.3. The lowest BCUT2D eigenvalue weighted by Crippen LogP contribution is -2.03. The lowest BCUT2D eigenvalue weighted by atomic mass is 10.1. The van der Waals surface area contributed by atoms with Gasteiger partial charge < -0.3 is 5.73 Å². The molecule has 0 aliphatic rings. The van der Waals surface area contributed by atoms with Crippen molar-refractivity contribution >= 4 is 5.82 Å². The van der Waals surface area contributed by atoms with Gasteiger partial charge in [0.1, 0.15) is 17.3 Å². The minimum absolute atomic E-state index is 0.284. The van der Waals surface area contributed by atoms with Crippen LogP contribution in [0.1, 0.15) is 22.5 Å². The molecule has 2 aromatic carbocycles. The van der Waals surface area contributed by atoms with Crippen molar-refractivity contribution in [2.24, 2.45) is 0 Å². The van der Waals surface area contributed by atoms with Crippen molar-refractivity contribution in [3.63, 3.8) is 0 Å². The van der Waals surface area contributed by atoms with E-state index in [4.69, 9.17) is 5.73 Å². The van der Waals surface area contributed by atoms with Gasteiger partial charge in [0.15, 0.2) is 0 Å². The van der Waals surface area contributed by atoms with Crippen LogP contribution in [-0.4, -0.2) is 9.97 Å². The van der Waals surface area contributed by atoms with E-state index in [0.29, 0.717) is 23.6 Å². The van der Waals surface area contributed by atoms with Crippen LogP contribution in [0, 0.1) is 17.7 Å². The van der Waals surface area contributed by atoms with Gasteiger partial charge in [-0.15, -0.1) is 0 Å². The summed E-state index contributed by atoms with van der Waals surface area (Å²) in [6.45, 7) is 0. The van der Waals surface area contributed by atoms with Crippen molar-refractivity contribution in [1.29, 1.82) is 0 Å². The topological polar surface area (TPSA) is 51.8 Å². The largest absolute Gasteiger partial charge is 0.382 e. The average molecular weight is 303 g/mol. The summed E-state index contributed by atoms with van der Waals surface area (Å²) < 4.78 is 12.9. The first kappa shape index (κ1) is 14.7. The molecule has 3 nitrogen and oxygen atoms in total. The van der Waals surface area contributed by atoms with Gasteiger partial charge in [-0.05, 0) is 35.7 Å². The standard InChI is InChI=1S/C19H14FN3/c20-16-9-6-14(7-10-16)8-11-17-13-22-19(21)18(23-17)12-15-4-2-1-3-5-15/h1-7,9-10,13H,12H2,(H2,21,22). The van der Waals surface area contributed by atoms with Gasteiger partial charge in [0, 0.05) is 12.0 Å². The highest BCUT2D eigenvalue weighted by Crippen LogP contribution is 2.12. The summed E-state index contributed by atoms with van der Waals surface area (Å²) in [7, 11) is 0. The molecule has 0 atom stereocenters. The van der Waals surface area contributed by atoms with E-state index in [0.717, 1.165) is 11.1 Å². The zero-order valence-corrected chi connectivity index (χ0v) is 12.3. The quantitative estimate of drug-likeness (QED) is 0.740. The van der Waals surface area contributed by atoms with Crippen molar-refractivity contribution in [3.8, 4) is 11.8 Å². The second kappa shape index (κ2) is 6.71. The fourth-order valence-corrected chi connectivity index (χ4v) is 2.09. The Bertz CT molecular complexity index is 863. The van der Waals surface area contributed by atoms with Gasteiger partial charge in [-0.3, -0.25) is 0 Å². The van der Waals surface area contributed by atoms with Crippen LogP contribution in [0.3, 0.4) is 0 Å². The van der Waals surface area contributed by atoms with E-state index >= 15 is 0 Å². The molecule has 2 N–H and O–H groups in total. The van der Waals surface area contributed by atoms with E-state index in [1.807, 2.05) is 30.3 Å². The molecule has 0 bridgehead atoms. The maximum atomic E-state index is 12.9. The highest BCUT2D eigenvalue weighted by molar-refractivity contribution is 5.43. The van der Waals surface area contributed by atoms with Crippen LogP contribution < -0.4 is 5.73 Å². The Balaban J connectivity index is 1.84. The molecule has 3 rings (SSSR count). The van der Waals surface area contributed by atoms with Gasteiger partial charge in [0.05, 0.1) is 11.9 Å². The fraction of sp³-hybridized carbons (Fsp3) is 0.0526. The molecule has 23 heavy (non-hydrogen) atoms. The van der Waals surface area contributed by atoms with Gasteiger partial charge in [0.25, 0.3) is 0 Å². The highest BCUT2D eigenvalue weighted by Gasteiger charge is 2.05. The molecule has 1 heterocycles. The molecule has 0 radical (unpaired) electrons. The second-order valence-corrected chi connectivity index (χ2v) is 5.01. The van der Waals surface area contributed by atoms with Gasteiger partial charge in [-0.1, -0.05) is 36.3 Å². The number of hydrogen-bond donors (Lipinski definition) is 1. The van der Waals surface area contributed by atoms with Crippen LogP contribution in [-0.2, 0) is 6.42 Å². The first-order chi connectivity index (χ1) is 11.2. The summed E-state index contributed by atoms with van der Waals surface area (Å²) >= 11 is 0. The zero-order chi connectivity index (χ0) is 16.1. The summed E-state index contributed by atoms with van der Waals surface area (Å²) in [6, 6.07) is 15.9. The van der Waals surface area contributed by atoms with Gasteiger partial charge in [0.2, 0.25) is 0 Å². The Labute approximate surface area is 134 Å². The predicted molar refractivity (Wildman–Crippen MR) is 88.1 cm³/mol. The molecule has 0 amide bonds. The van der Waals surface area contributed by atoms with E-state index < -0.39 is 0 Å². The monoisotopic (exact) mass is 303 g/mol.